The summed E-state index contributed by atoms with van der Waals surface area (Å²) in [5, 5.41) is 14.2. The average molecular weight is 355 g/mol. The molecule has 1 unspecified atom stereocenters. The van der Waals surface area contributed by atoms with Crippen LogP contribution >= 0.6 is 15.9 Å². The number of halogens is 2. The van der Waals surface area contributed by atoms with Crippen molar-refractivity contribution in [1.82, 2.24) is 10.1 Å². The van der Waals surface area contributed by atoms with Crippen molar-refractivity contribution in [3.8, 4) is 11.3 Å². The number of carbonyl (C=O) groups excluding carboxylic acids is 1. The first-order chi connectivity index (χ1) is 9.91. The van der Waals surface area contributed by atoms with Crippen molar-refractivity contribution in [2.75, 3.05) is 13.6 Å². The molecular formula is C14H12BrFN2O3. The Morgan fingerprint density at radius 2 is 2.24 bits per heavy atom. The van der Waals surface area contributed by atoms with Gasteiger partial charge < -0.3 is 14.5 Å². The third-order valence-electron chi connectivity index (χ3n) is 3.63. The van der Waals surface area contributed by atoms with E-state index in [9.17, 15) is 14.3 Å². The number of benzene rings is 1. The highest BCUT2D eigenvalue weighted by Gasteiger charge is 2.48. The SMILES string of the molecule is CN1CCC(O)(c2cc(-c3cc(Br)ccc3F)no2)C1=O. The summed E-state index contributed by atoms with van der Waals surface area (Å²) in [5.41, 5.74) is -1.25. The predicted molar refractivity (Wildman–Crippen MR) is 75.7 cm³/mol. The maximum atomic E-state index is 13.8. The van der Waals surface area contributed by atoms with E-state index < -0.39 is 17.3 Å². The molecule has 1 aliphatic heterocycles. The van der Waals surface area contributed by atoms with Gasteiger partial charge in [-0.25, -0.2) is 4.39 Å². The second-order valence-electron chi connectivity index (χ2n) is 5.04. The maximum Gasteiger partial charge on any atom is 0.262 e. The Hall–Kier alpha value is -1.73. The number of aliphatic hydroxyl groups is 1. The first-order valence-corrected chi connectivity index (χ1v) is 7.11. The van der Waals surface area contributed by atoms with E-state index in [1.807, 2.05) is 0 Å². The number of rotatable bonds is 2. The Kier molecular flexibility index (Phi) is 3.33. The molecule has 2 aromatic rings. The van der Waals surface area contributed by atoms with Crippen LogP contribution < -0.4 is 0 Å². The van der Waals surface area contributed by atoms with Crippen molar-refractivity contribution in [3.05, 3.63) is 40.3 Å². The molecule has 2 heterocycles. The van der Waals surface area contributed by atoms with Crippen LogP contribution in [-0.4, -0.2) is 34.7 Å². The number of nitrogens with zero attached hydrogens (tertiary/aromatic N) is 2. The number of likely N-dealkylation sites (N-methyl/N-ethyl adjacent to an activating group) is 1. The minimum Gasteiger partial charge on any atom is -0.373 e. The molecule has 0 radical (unpaired) electrons. The molecule has 0 aliphatic carbocycles. The van der Waals surface area contributed by atoms with Crippen molar-refractivity contribution < 1.29 is 18.8 Å². The van der Waals surface area contributed by atoms with Gasteiger partial charge >= 0.3 is 0 Å². The molecule has 1 aromatic heterocycles. The highest BCUT2D eigenvalue weighted by Crippen LogP contribution is 2.35. The number of aromatic nitrogens is 1. The van der Waals surface area contributed by atoms with E-state index in [1.54, 1.807) is 19.2 Å². The fourth-order valence-corrected chi connectivity index (χ4v) is 2.73. The zero-order valence-corrected chi connectivity index (χ0v) is 12.7. The van der Waals surface area contributed by atoms with Crippen molar-refractivity contribution in [2.24, 2.45) is 0 Å². The quantitative estimate of drug-likeness (QED) is 0.898. The van der Waals surface area contributed by atoms with Crippen LogP contribution in [0.4, 0.5) is 4.39 Å². The molecule has 1 atom stereocenters. The predicted octanol–water partition coefficient (Wildman–Crippen LogP) is 2.29. The number of hydrogen-bond acceptors (Lipinski definition) is 4. The van der Waals surface area contributed by atoms with Crippen LogP contribution in [0.15, 0.2) is 33.3 Å². The lowest BCUT2D eigenvalue weighted by atomic mass is 9.98. The Morgan fingerprint density at radius 3 is 2.90 bits per heavy atom. The topological polar surface area (TPSA) is 66.6 Å². The van der Waals surface area contributed by atoms with Gasteiger partial charge in [0.1, 0.15) is 11.5 Å². The van der Waals surface area contributed by atoms with Crippen LogP contribution in [0.1, 0.15) is 12.2 Å². The van der Waals surface area contributed by atoms with Gasteiger partial charge in [-0.1, -0.05) is 21.1 Å². The second kappa shape index (κ2) is 4.92. The van der Waals surface area contributed by atoms with E-state index in [4.69, 9.17) is 4.52 Å². The first kappa shape index (κ1) is 14.2. The molecule has 110 valence electrons. The van der Waals surface area contributed by atoms with Gasteiger partial charge in [0.15, 0.2) is 5.76 Å². The molecule has 21 heavy (non-hydrogen) atoms. The molecule has 1 fully saturated rings. The molecule has 7 heteroatoms. The minimum absolute atomic E-state index is 0.0335. The van der Waals surface area contributed by atoms with E-state index >= 15 is 0 Å². The fraction of sp³-hybridized carbons (Fsp3) is 0.286. The molecule has 3 rings (SSSR count). The average Bonchev–Trinajstić information content (AvgIpc) is 3.04. The van der Waals surface area contributed by atoms with E-state index in [0.29, 0.717) is 11.0 Å². The summed E-state index contributed by atoms with van der Waals surface area (Å²) in [6, 6.07) is 5.84. The standard InChI is InChI=1S/C14H12BrFN2O3/c1-18-5-4-14(20,13(18)19)12-7-11(17-21-12)9-6-8(15)2-3-10(9)16/h2-3,6-7,20H,4-5H2,1H3. The third-order valence-corrected chi connectivity index (χ3v) is 4.12. The monoisotopic (exact) mass is 354 g/mol. The molecular weight excluding hydrogens is 343 g/mol. The van der Waals surface area contributed by atoms with Crippen LogP contribution in [0.25, 0.3) is 11.3 Å². The molecule has 0 bridgehead atoms. The van der Waals surface area contributed by atoms with Gasteiger partial charge in [-0.3, -0.25) is 4.79 Å². The minimum atomic E-state index is -1.72. The van der Waals surface area contributed by atoms with E-state index in [-0.39, 0.29) is 23.4 Å². The van der Waals surface area contributed by atoms with Crippen LogP contribution in [0.2, 0.25) is 0 Å². The van der Waals surface area contributed by atoms with Crippen LogP contribution in [0, 0.1) is 5.82 Å². The van der Waals surface area contributed by atoms with Gasteiger partial charge in [0, 0.05) is 36.1 Å². The summed E-state index contributed by atoms with van der Waals surface area (Å²) in [7, 11) is 1.60. The zero-order valence-electron chi connectivity index (χ0n) is 11.1. The number of carbonyl (C=O) groups is 1. The molecule has 1 aromatic carbocycles. The summed E-state index contributed by atoms with van der Waals surface area (Å²) < 4.78 is 19.6. The van der Waals surface area contributed by atoms with Gasteiger partial charge in [0.2, 0.25) is 5.60 Å². The molecule has 1 amide bonds. The van der Waals surface area contributed by atoms with Gasteiger partial charge in [0.05, 0.1) is 0 Å². The van der Waals surface area contributed by atoms with Crippen molar-refractivity contribution in [1.29, 1.82) is 0 Å². The highest BCUT2D eigenvalue weighted by atomic mass is 79.9. The van der Waals surface area contributed by atoms with E-state index in [1.165, 1.54) is 17.0 Å². The van der Waals surface area contributed by atoms with Crippen molar-refractivity contribution in [3.63, 3.8) is 0 Å². The summed E-state index contributed by atoms with van der Waals surface area (Å²) in [5.74, 6) is -0.869. The Bertz CT molecular complexity index is 718. The lowest BCUT2D eigenvalue weighted by molar-refractivity contribution is -0.144. The highest BCUT2D eigenvalue weighted by molar-refractivity contribution is 9.10. The van der Waals surface area contributed by atoms with Gasteiger partial charge in [0.25, 0.3) is 5.91 Å². The third kappa shape index (κ3) is 2.26. The molecule has 5 nitrogen and oxygen atoms in total. The van der Waals surface area contributed by atoms with Gasteiger partial charge in [-0.15, -0.1) is 0 Å². The maximum absolute atomic E-state index is 13.8. The van der Waals surface area contributed by atoms with Crippen molar-refractivity contribution >= 4 is 21.8 Å². The summed E-state index contributed by atoms with van der Waals surface area (Å²) in [6.07, 6.45) is 0.220. The first-order valence-electron chi connectivity index (χ1n) is 6.32. The summed E-state index contributed by atoms with van der Waals surface area (Å²) >= 11 is 3.26. The van der Waals surface area contributed by atoms with Gasteiger partial charge in [-0.2, -0.15) is 0 Å². The lowest BCUT2D eigenvalue weighted by Crippen LogP contribution is -2.35. The number of amides is 1. The van der Waals surface area contributed by atoms with E-state index in [0.717, 1.165) is 0 Å². The zero-order chi connectivity index (χ0) is 15.2. The molecule has 1 aliphatic rings. The van der Waals surface area contributed by atoms with E-state index in [2.05, 4.69) is 21.1 Å². The largest absolute Gasteiger partial charge is 0.373 e. The van der Waals surface area contributed by atoms with Crippen molar-refractivity contribution in [2.45, 2.75) is 12.0 Å². The van der Waals surface area contributed by atoms with Crippen LogP contribution in [0.3, 0.4) is 0 Å². The summed E-state index contributed by atoms with van der Waals surface area (Å²) in [4.78, 5) is 13.4. The number of likely N-dealkylation sites (tertiary alicyclic amines) is 1. The Morgan fingerprint density at radius 1 is 1.48 bits per heavy atom. The second-order valence-corrected chi connectivity index (χ2v) is 5.95. The molecule has 1 N–H and O–H groups in total. The fourth-order valence-electron chi connectivity index (χ4n) is 2.37. The Labute approximate surface area is 128 Å². The smallest absolute Gasteiger partial charge is 0.262 e. The molecule has 1 saturated heterocycles. The van der Waals surface area contributed by atoms with Crippen LogP contribution in [0.5, 0.6) is 0 Å². The molecule has 0 spiro atoms. The van der Waals surface area contributed by atoms with Crippen LogP contribution in [-0.2, 0) is 10.4 Å². The normalized spacial score (nSPS) is 22.1. The Balaban J connectivity index is 2.01. The number of hydrogen-bond donors (Lipinski definition) is 1. The van der Waals surface area contributed by atoms with Gasteiger partial charge in [-0.05, 0) is 18.2 Å². The lowest BCUT2D eigenvalue weighted by Gasteiger charge is -2.16. The molecule has 0 saturated carbocycles. The summed E-state index contributed by atoms with van der Waals surface area (Å²) in [6.45, 7) is 0.427.